The Morgan fingerprint density at radius 2 is 1.11 bits per heavy atom. The SMILES string of the molecule is CC(=O)CC=O.CC(=O)CC=O.O=S([O-])[O-].[Na+].[Na+]. The van der Waals surface area contributed by atoms with Gasteiger partial charge in [0.25, 0.3) is 0 Å². The van der Waals surface area contributed by atoms with Gasteiger partial charge in [-0.2, -0.15) is 0 Å². The van der Waals surface area contributed by atoms with E-state index in [1.54, 1.807) is 0 Å². The van der Waals surface area contributed by atoms with Crippen molar-refractivity contribution in [2.24, 2.45) is 0 Å². The number of carbonyl (C=O) groups excluding carboxylic acids is 4. The summed E-state index contributed by atoms with van der Waals surface area (Å²) >= 11 is -3.11. The molecule has 0 aromatic rings. The second-order valence-corrected chi connectivity index (χ2v) is 2.76. The predicted octanol–water partition coefficient (Wildman–Crippen LogP) is -6.67. The smallest absolute Gasteiger partial charge is 0.784 e. The zero-order valence-corrected chi connectivity index (χ0v) is 15.7. The average molecular weight is 298 g/mol. The first-order valence-corrected chi connectivity index (χ1v) is 4.90. The zero-order chi connectivity index (χ0) is 13.6. The first-order chi connectivity index (χ1) is 7.27. The van der Waals surface area contributed by atoms with Gasteiger partial charge in [0.05, 0.1) is 12.8 Å². The Bertz CT molecular complexity index is 234. The third-order valence-corrected chi connectivity index (χ3v) is 0.742. The molecule has 0 atom stereocenters. The van der Waals surface area contributed by atoms with E-state index in [1.807, 2.05) is 0 Å². The van der Waals surface area contributed by atoms with Crippen LogP contribution in [0.25, 0.3) is 0 Å². The maximum absolute atomic E-state index is 9.81. The topological polar surface area (TPSA) is 131 Å². The van der Waals surface area contributed by atoms with Crippen LogP contribution in [0.5, 0.6) is 0 Å². The molecule has 0 spiro atoms. The molecule has 0 aliphatic heterocycles. The Morgan fingerprint density at radius 3 is 1.11 bits per heavy atom. The summed E-state index contributed by atoms with van der Waals surface area (Å²) in [5.74, 6) is -0.157. The van der Waals surface area contributed by atoms with Gasteiger partial charge in [0, 0.05) is 0 Å². The molecule has 0 aliphatic rings. The Morgan fingerprint density at radius 1 is 0.944 bits per heavy atom. The molecule has 10 heteroatoms. The van der Waals surface area contributed by atoms with E-state index in [1.165, 1.54) is 13.8 Å². The molecule has 7 nitrogen and oxygen atoms in total. The number of hydrogen-bond donors (Lipinski definition) is 0. The van der Waals surface area contributed by atoms with Crippen molar-refractivity contribution in [3.05, 3.63) is 0 Å². The molecule has 0 saturated heterocycles. The van der Waals surface area contributed by atoms with E-state index in [2.05, 4.69) is 0 Å². The van der Waals surface area contributed by atoms with E-state index < -0.39 is 11.4 Å². The van der Waals surface area contributed by atoms with E-state index in [-0.39, 0.29) is 83.5 Å². The summed E-state index contributed by atoms with van der Waals surface area (Å²) in [5.41, 5.74) is 0. The fraction of sp³-hybridized carbons (Fsp3) is 0.500. The molecule has 0 heterocycles. The Labute approximate surface area is 152 Å². The summed E-state index contributed by atoms with van der Waals surface area (Å²) in [5, 5.41) is 0. The van der Waals surface area contributed by atoms with Crippen LogP contribution in [0.15, 0.2) is 0 Å². The second-order valence-electron chi connectivity index (χ2n) is 2.35. The molecular weight excluding hydrogens is 286 g/mol. The Balaban J connectivity index is -0.0000000454. The van der Waals surface area contributed by atoms with Crippen LogP contribution in [0.2, 0.25) is 0 Å². The molecule has 0 amide bonds. The number of carbonyl (C=O) groups is 4. The van der Waals surface area contributed by atoms with E-state index in [0.29, 0.717) is 12.6 Å². The van der Waals surface area contributed by atoms with E-state index in [4.69, 9.17) is 13.3 Å². The van der Waals surface area contributed by atoms with Crippen LogP contribution in [0.1, 0.15) is 26.7 Å². The largest absolute Gasteiger partial charge is 1.00 e. The van der Waals surface area contributed by atoms with Crippen LogP contribution in [-0.4, -0.2) is 37.5 Å². The summed E-state index contributed by atoms with van der Waals surface area (Å²) < 4.78 is 25.3. The molecular formula is C8H12Na2O7S. The molecule has 0 fully saturated rings. The van der Waals surface area contributed by atoms with E-state index >= 15 is 0 Å². The molecule has 0 saturated carbocycles. The van der Waals surface area contributed by atoms with Crippen LogP contribution in [0.4, 0.5) is 0 Å². The summed E-state index contributed by atoms with van der Waals surface area (Å²) in [6.45, 7) is 2.77. The van der Waals surface area contributed by atoms with Crippen LogP contribution in [-0.2, 0) is 30.5 Å². The minimum absolute atomic E-state index is 0. The molecule has 0 N–H and O–H groups in total. The third kappa shape index (κ3) is 91.2. The van der Waals surface area contributed by atoms with Crippen molar-refractivity contribution in [3.63, 3.8) is 0 Å². The van der Waals surface area contributed by atoms with Gasteiger partial charge in [0.15, 0.2) is 0 Å². The molecule has 0 aromatic heterocycles. The van der Waals surface area contributed by atoms with Gasteiger partial charge >= 0.3 is 59.1 Å². The van der Waals surface area contributed by atoms with Gasteiger partial charge in [-0.15, -0.1) is 11.4 Å². The van der Waals surface area contributed by atoms with Gasteiger partial charge in [0.2, 0.25) is 0 Å². The molecule has 0 radical (unpaired) electrons. The van der Waals surface area contributed by atoms with Crippen molar-refractivity contribution in [3.8, 4) is 0 Å². The molecule has 0 bridgehead atoms. The molecule has 0 rings (SSSR count). The van der Waals surface area contributed by atoms with E-state index in [0.717, 1.165) is 0 Å². The maximum atomic E-state index is 9.81. The first-order valence-electron chi connectivity index (χ1n) is 3.90. The molecule has 0 unspecified atom stereocenters. The van der Waals surface area contributed by atoms with Gasteiger partial charge in [-0.25, -0.2) is 0 Å². The van der Waals surface area contributed by atoms with Crippen molar-refractivity contribution in [1.29, 1.82) is 0 Å². The predicted molar refractivity (Wildman–Crippen MR) is 52.4 cm³/mol. The number of rotatable bonds is 4. The number of Topliss-reactive ketones (excluding diaryl/α,β-unsaturated/α-hetero) is 2. The van der Waals surface area contributed by atoms with Crippen molar-refractivity contribution >= 4 is 35.5 Å². The van der Waals surface area contributed by atoms with Crippen molar-refractivity contribution in [2.45, 2.75) is 26.7 Å². The van der Waals surface area contributed by atoms with Gasteiger partial charge in [-0.1, -0.05) is 0 Å². The van der Waals surface area contributed by atoms with Crippen molar-refractivity contribution in [1.82, 2.24) is 0 Å². The summed E-state index contributed by atoms with van der Waals surface area (Å²) in [6, 6.07) is 0. The zero-order valence-electron chi connectivity index (χ0n) is 10.8. The van der Waals surface area contributed by atoms with Crippen molar-refractivity contribution < 1.29 is 91.6 Å². The summed E-state index contributed by atoms with van der Waals surface area (Å²) in [7, 11) is 0. The van der Waals surface area contributed by atoms with Crippen LogP contribution >= 0.6 is 0 Å². The van der Waals surface area contributed by atoms with Crippen LogP contribution < -0.4 is 59.1 Å². The quantitative estimate of drug-likeness (QED) is 0.218. The monoisotopic (exact) mass is 298 g/mol. The Kier molecular flexibility index (Phi) is 45.7. The van der Waals surface area contributed by atoms with Gasteiger partial charge < -0.3 is 18.7 Å². The Hall–Kier alpha value is 0.750. The summed E-state index contributed by atoms with van der Waals surface area (Å²) in [4.78, 5) is 38.4. The molecule has 94 valence electrons. The average Bonchev–Trinajstić information content (AvgIpc) is 2.02. The molecule has 18 heavy (non-hydrogen) atoms. The minimum Gasteiger partial charge on any atom is -0.784 e. The fourth-order valence-electron chi connectivity index (χ4n) is 0.235. The normalized spacial score (nSPS) is 6.94. The van der Waals surface area contributed by atoms with Gasteiger partial charge in [-0.05, 0) is 13.8 Å². The molecule has 0 aliphatic carbocycles. The first kappa shape index (κ1) is 31.2. The van der Waals surface area contributed by atoms with Gasteiger partial charge in [0.1, 0.15) is 24.1 Å². The molecule has 0 aromatic carbocycles. The fourth-order valence-corrected chi connectivity index (χ4v) is 0.235. The maximum Gasteiger partial charge on any atom is 1.00 e. The van der Waals surface area contributed by atoms with Crippen molar-refractivity contribution in [2.75, 3.05) is 0 Å². The van der Waals surface area contributed by atoms with Crippen LogP contribution in [0.3, 0.4) is 0 Å². The third-order valence-electron chi connectivity index (χ3n) is 0.742. The standard InChI is InChI=1S/2C4H6O2.2Na.H2O3S/c2*1-4(6)2-3-5;;;1-4(2)3/h2*3H,2H2,1H3;;;(H2,1,2,3)/q;;2*+1;/p-2. The number of hydrogen-bond acceptors (Lipinski definition) is 7. The van der Waals surface area contributed by atoms with E-state index in [9.17, 15) is 19.2 Å². The summed E-state index contributed by atoms with van der Waals surface area (Å²) in [6.07, 6.45) is 1.31. The second kappa shape index (κ2) is 26.3. The number of aldehydes is 2. The van der Waals surface area contributed by atoms with Gasteiger partial charge in [-0.3, -0.25) is 13.8 Å². The minimum atomic E-state index is -3.11. The number of ketones is 2. The van der Waals surface area contributed by atoms with Crippen LogP contribution in [0, 0.1) is 0 Å².